The second-order valence-corrected chi connectivity index (χ2v) is 6.09. The molecule has 26 heavy (non-hydrogen) atoms. The summed E-state index contributed by atoms with van der Waals surface area (Å²) in [5.41, 5.74) is 2.78. The lowest BCUT2D eigenvalue weighted by Gasteiger charge is -2.08. The Labute approximate surface area is 156 Å². The van der Waals surface area contributed by atoms with Gasteiger partial charge in [-0.2, -0.15) is 0 Å². The van der Waals surface area contributed by atoms with Crippen molar-refractivity contribution in [2.24, 2.45) is 0 Å². The fourth-order valence-corrected chi connectivity index (χ4v) is 2.41. The summed E-state index contributed by atoms with van der Waals surface area (Å²) in [6, 6.07) is 17.3. The highest BCUT2D eigenvalue weighted by Crippen LogP contribution is 2.18. The summed E-state index contributed by atoms with van der Waals surface area (Å²) in [5, 5.41) is 6.49. The molecule has 0 aliphatic rings. The number of Topliss-reactive ketones (excluding diaryl/α,β-unsaturated/α-hetero) is 1. The number of benzene rings is 2. The minimum absolute atomic E-state index is 0.0269. The highest BCUT2D eigenvalue weighted by molar-refractivity contribution is 6.30. The fourth-order valence-electron chi connectivity index (χ4n) is 2.29. The Morgan fingerprint density at radius 3 is 2.04 bits per heavy atom. The second-order valence-electron chi connectivity index (χ2n) is 5.65. The first-order valence-electron chi connectivity index (χ1n) is 7.92. The number of pyridine rings is 1. The topological polar surface area (TPSA) is 71.1 Å². The smallest absolute Gasteiger partial charge is 0.256 e. The Kier molecular flexibility index (Phi) is 5.29. The Hall–Kier alpha value is -3.18. The highest BCUT2D eigenvalue weighted by Gasteiger charge is 2.07. The third kappa shape index (κ3) is 4.46. The van der Waals surface area contributed by atoms with Crippen molar-refractivity contribution in [3.8, 4) is 0 Å². The molecule has 0 aliphatic carbocycles. The number of carbonyl (C=O) groups excluding carboxylic acids is 2. The van der Waals surface area contributed by atoms with Crippen LogP contribution in [-0.2, 0) is 0 Å². The molecule has 0 bridgehead atoms. The predicted molar refractivity (Wildman–Crippen MR) is 103 cm³/mol. The molecule has 0 saturated heterocycles. The van der Waals surface area contributed by atoms with Crippen LogP contribution in [-0.4, -0.2) is 16.7 Å². The number of ketones is 1. The summed E-state index contributed by atoms with van der Waals surface area (Å²) in [6.45, 7) is 1.53. The number of nitrogens with zero attached hydrogens (tertiary/aromatic N) is 1. The van der Waals surface area contributed by atoms with E-state index in [0.29, 0.717) is 22.0 Å². The number of amides is 1. The van der Waals surface area contributed by atoms with Crippen LogP contribution in [0.1, 0.15) is 27.6 Å². The van der Waals surface area contributed by atoms with Crippen LogP contribution in [0.5, 0.6) is 0 Å². The second kappa shape index (κ2) is 7.80. The van der Waals surface area contributed by atoms with E-state index in [-0.39, 0.29) is 11.7 Å². The van der Waals surface area contributed by atoms with Gasteiger partial charge in [-0.3, -0.25) is 9.59 Å². The molecule has 1 heterocycles. The molecule has 130 valence electrons. The molecule has 6 heteroatoms. The van der Waals surface area contributed by atoms with Gasteiger partial charge in [-0.05, 0) is 67.6 Å². The molecule has 1 aromatic heterocycles. The number of hydrogen-bond acceptors (Lipinski definition) is 4. The number of hydrogen-bond donors (Lipinski definition) is 2. The third-order valence-electron chi connectivity index (χ3n) is 3.69. The zero-order valence-corrected chi connectivity index (χ0v) is 14.7. The van der Waals surface area contributed by atoms with E-state index >= 15 is 0 Å². The maximum atomic E-state index is 12.2. The molecule has 0 fully saturated rings. The van der Waals surface area contributed by atoms with Crippen molar-refractivity contribution in [2.75, 3.05) is 10.6 Å². The van der Waals surface area contributed by atoms with Gasteiger partial charge in [-0.15, -0.1) is 0 Å². The highest BCUT2D eigenvalue weighted by atomic mass is 35.5. The number of aromatic nitrogens is 1. The van der Waals surface area contributed by atoms with Gasteiger partial charge in [0, 0.05) is 21.8 Å². The average molecular weight is 366 g/mol. The number of anilines is 3. The molecular formula is C20H16ClN3O2. The zero-order valence-electron chi connectivity index (χ0n) is 14.0. The van der Waals surface area contributed by atoms with E-state index in [9.17, 15) is 9.59 Å². The SMILES string of the molecule is CC(=O)c1ccc(Nc2ccc(NC(=O)c3ccc(Cl)cc3)nc2)cc1. The number of carbonyl (C=O) groups is 2. The van der Waals surface area contributed by atoms with Gasteiger partial charge in [-0.25, -0.2) is 4.98 Å². The molecule has 3 aromatic rings. The Morgan fingerprint density at radius 1 is 0.846 bits per heavy atom. The van der Waals surface area contributed by atoms with Crippen molar-refractivity contribution in [2.45, 2.75) is 6.92 Å². The summed E-state index contributed by atoms with van der Waals surface area (Å²) >= 11 is 5.82. The van der Waals surface area contributed by atoms with Gasteiger partial charge >= 0.3 is 0 Å². The molecule has 0 aliphatic heterocycles. The molecule has 0 atom stereocenters. The Bertz CT molecular complexity index is 921. The molecule has 2 N–H and O–H groups in total. The summed E-state index contributed by atoms with van der Waals surface area (Å²) in [4.78, 5) is 27.7. The standard InChI is InChI=1S/C20H16ClN3O2/c1-13(25)14-4-8-17(9-5-14)23-18-10-11-19(22-12-18)24-20(26)15-2-6-16(21)7-3-15/h2-12,23H,1H3,(H,22,24,26). The monoisotopic (exact) mass is 365 g/mol. The van der Waals surface area contributed by atoms with Gasteiger partial charge < -0.3 is 10.6 Å². The first kappa shape index (κ1) is 17.6. The molecule has 0 unspecified atom stereocenters. The van der Waals surface area contributed by atoms with E-state index in [4.69, 9.17) is 11.6 Å². The quantitative estimate of drug-likeness (QED) is 0.628. The maximum absolute atomic E-state index is 12.2. The van der Waals surface area contributed by atoms with Crippen molar-refractivity contribution >= 4 is 40.5 Å². The van der Waals surface area contributed by atoms with Gasteiger partial charge in [0.1, 0.15) is 5.82 Å². The van der Waals surface area contributed by atoms with Gasteiger partial charge in [0.05, 0.1) is 11.9 Å². The van der Waals surface area contributed by atoms with Crippen LogP contribution in [0.3, 0.4) is 0 Å². The van der Waals surface area contributed by atoms with Gasteiger partial charge in [0.25, 0.3) is 5.91 Å². The fraction of sp³-hybridized carbons (Fsp3) is 0.0500. The normalized spacial score (nSPS) is 10.2. The average Bonchev–Trinajstić information content (AvgIpc) is 2.64. The summed E-state index contributed by atoms with van der Waals surface area (Å²) in [6.07, 6.45) is 1.62. The first-order chi connectivity index (χ1) is 12.5. The van der Waals surface area contributed by atoms with Crippen LogP contribution < -0.4 is 10.6 Å². The van der Waals surface area contributed by atoms with Crippen LogP contribution in [0, 0.1) is 0 Å². The van der Waals surface area contributed by atoms with Crippen LogP contribution in [0.4, 0.5) is 17.2 Å². The molecule has 0 spiro atoms. The van der Waals surface area contributed by atoms with Crippen LogP contribution >= 0.6 is 11.6 Å². The van der Waals surface area contributed by atoms with E-state index in [2.05, 4.69) is 15.6 Å². The van der Waals surface area contributed by atoms with E-state index in [1.807, 2.05) is 18.2 Å². The Morgan fingerprint density at radius 2 is 1.46 bits per heavy atom. The molecule has 0 radical (unpaired) electrons. The number of halogens is 1. The van der Waals surface area contributed by atoms with Gasteiger partial charge in [0.2, 0.25) is 0 Å². The van der Waals surface area contributed by atoms with Gasteiger partial charge in [0.15, 0.2) is 5.78 Å². The Balaban J connectivity index is 1.63. The lowest BCUT2D eigenvalue weighted by molar-refractivity contribution is 0.101. The summed E-state index contributed by atoms with van der Waals surface area (Å²) < 4.78 is 0. The van der Waals surface area contributed by atoms with E-state index < -0.39 is 0 Å². The van der Waals surface area contributed by atoms with Crippen LogP contribution in [0.2, 0.25) is 5.02 Å². The molecule has 1 amide bonds. The van der Waals surface area contributed by atoms with Crippen LogP contribution in [0.25, 0.3) is 0 Å². The molecular weight excluding hydrogens is 350 g/mol. The summed E-state index contributed by atoms with van der Waals surface area (Å²) in [7, 11) is 0. The predicted octanol–water partition coefficient (Wildman–Crippen LogP) is 4.93. The molecule has 2 aromatic carbocycles. The van der Waals surface area contributed by atoms with E-state index in [1.54, 1.807) is 48.7 Å². The number of nitrogens with one attached hydrogen (secondary N) is 2. The minimum atomic E-state index is -0.255. The van der Waals surface area contributed by atoms with E-state index in [0.717, 1.165) is 11.4 Å². The van der Waals surface area contributed by atoms with Crippen molar-refractivity contribution in [1.29, 1.82) is 0 Å². The van der Waals surface area contributed by atoms with E-state index in [1.165, 1.54) is 6.92 Å². The molecule has 5 nitrogen and oxygen atoms in total. The molecule has 0 saturated carbocycles. The lowest BCUT2D eigenvalue weighted by atomic mass is 10.1. The number of rotatable bonds is 5. The van der Waals surface area contributed by atoms with Crippen molar-refractivity contribution in [3.63, 3.8) is 0 Å². The zero-order chi connectivity index (χ0) is 18.5. The first-order valence-corrected chi connectivity index (χ1v) is 8.30. The summed E-state index contributed by atoms with van der Waals surface area (Å²) in [5.74, 6) is 0.219. The largest absolute Gasteiger partial charge is 0.354 e. The van der Waals surface area contributed by atoms with Crippen molar-refractivity contribution in [3.05, 3.63) is 83.0 Å². The van der Waals surface area contributed by atoms with Crippen molar-refractivity contribution < 1.29 is 9.59 Å². The third-order valence-corrected chi connectivity index (χ3v) is 3.94. The minimum Gasteiger partial charge on any atom is -0.354 e. The van der Waals surface area contributed by atoms with Crippen LogP contribution in [0.15, 0.2) is 66.9 Å². The molecule has 3 rings (SSSR count). The van der Waals surface area contributed by atoms with Crippen molar-refractivity contribution in [1.82, 2.24) is 4.98 Å². The lowest BCUT2D eigenvalue weighted by Crippen LogP contribution is -2.12. The maximum Gasteiger partial charge on any atom is 0.256 e. The van der Waals surface area contributed by atoms with Gasteiger partial charge in [-0.1, -0.05) is 11.6 Å².